The van der Waals surface area contributed by atoms with E-state index in [1.165, 1.54) is 6.33 Å². The summed E-state index contributed by atoms with van der Waals surface area (Å²) in [6, 6.07) is 0.0212. The predicted molar refractivity (Wildman–Crippen MR) is 67.3 cm³/mol. The van der Waals surface area contributed by atoms with Crippen molar-refractivity contribution >= 4 is 30.6 Å². The van der Waals surface area contributed by atoms with Crippen molar-refractivity contribution in [1.29, 1.82) is 0 Å². The Morgan fingerprint density at radius 1 is 1.38 bits per heavy atom. The minimum Gasteiger partial charge on any atom is -0.350 e. The summed E-state index contributed by atoms with van der Waals surface area (Å²) in [4.78, 5) is 18.7. The number of Topliss-reactive ketones (excluding diaryl/α,β-unsaturated/α-hetero) is 1. The first-order chi connectivity index (χ1) is 6.79. The number of aromatic nitrogens is 2. The van der Waals surface area contributed by atoms with Crippen LogP contribution in [0.5, 0.6) is 0 Å². The highest BCUT2D eigenvalue weighted by atomic mass is 35.5. The number of halogens is 2. The lowest BCUT2D eigenvalue weighted by atomic mass is 9.81. The lowest BCUT2D eigenvalue weighted by molar-refractivity contribution is 0.0866. The fraction of sp³-hybridized carbons (Fsp3) is 0.600. The standard InChI is InChI=1S/C10H15N3O.2ClH/c11-8-4-2-1-3-7(8)10(14)9-5-12-6-13-9;;/h5-8H,1-4,11H2,(H,12,13);2*1H. The van der Waals surface area contributed by atoms with Gasteiger partial charge < -0.3 is 10.7 Å². The number of carbonyl (C=O) groups excluding carboxylic acids is 1. The number of rotatable bonds is 2. The second-order valence-electron chi connectivity index (χ2n) is 3.87. The smallest absolute Gasteiger partial charge is 0.187 e. The molecule has 1 heterocycles. The normalized spacial score (nSPS) is 24.1. The molecule has 0 radical (unpaired) electrons. The molecule has 1 saturated carbocycles. The van der Waals surface area contributed by atoms with E-state index < -0.39 is 0 Å². The number of hydrogen-bond acceptors (Lipinski definition) is 3. The van der Waals surface area contributed by atoms with E-state index in [1.54, 1.807) is 6.20 Å². The molecule has 1 aliphatic carbocycles. The number of aromatic amines is 1. The average Bonchev–Trinajstić information content (AvgIpc) is 2.70. The predicted octanol–water partition coefficient (Wildman–Crippen LogP) is 1.95. The van der Waals surface area contributed by atoms with E-state index in [-0.39, 0.29) is 42.6 Å². The minimum absolute atomic E-state index is 0. The molecule has 0 aromatic carbocycles. The zero-order chi connectivity index (χ0) is 9.97. The van der Waals surface area contributed by atoms with Crippen molar-refractivity contribution in [2.75, 3.05) is 0 Å². The monoisotopic (exact) mass is 265 g/mol. The van der Waals surface area contributed by atoms with Crippen LogP contribution in [0.15, 0.2) is 12.5 Å². The zero-order valence-electron chi connectivity index (χ0n) is 8.89. The molecule has 6 heteroatoms. The third kappa shape index (κ3) is 3.20. The fourth-order valence-corrected chi connectivity index (χ4v) is 2.07. The number of ketones is 1. The van der Waals surface area contributed by atoms with Gasteiger partial charge in [-0.05, 0) is 12.8 Å². The van der Waals surface area contributed by atoms with Gasteiger partial charge in [-0.15, -0.1) is 24.8 Å². The highest BCUT2D eigenvalue weighted by molar-refractivity contribution is 5.96. The van der Waals surface area contributed by atoms with Gasteiger partial charge in [0.2, 0.25) is 0 Å². The summed E-state index contributed by atoms with van der Waals surface area (Å²) in [7, 11) is 0. The Balaban J connectivity index is 0.00000112. The van der Waals surface area contributed by atoms with Crippen molar-refractivity contribution < 1.29 is 4.79 Å². The Labute approximate surface area is 107 Å². The zero-order valence-corrected chi connectivity index (χ0v) is 10.5. The summed E-state index contributed by atoms with van der Waals surface area (Å²) >= 11 is 0. The molecule has 4 nitrogen and oxygen atoms in total. The van der Waals surface area contributed by atoms with E-state index in [9.17, 15) is 4.79 Å². The van der Waals surface area contributed by atoms with E-state index in [2.05, 4.69) is 9.97 Å². The van der Waals surface area contributed by atoms with Crippen LogP contribution in [0, 0.1) is 5.92 Å². The van der Waals surface area contributed by atoms with Crippen molar-refractivity contribution in [2.24, 2.45) is 11.7 Å². The van der Waals surface area contributed by atoms with Gasteiger partial charge in [0, 0.05) is 18.2 Å². The van der Waals surface area contributed by atoms with Crippen LogP contribution in [0.2, 0.25) is 0 Å². The molecule has 0 bridgehead atoms. The number of nitrogens with zero attached hydrogens (tertiary/aromatic N) is 1. The molecule has 2 unspecified atom stereocenters. The number of H-pyrrole nitrogens is 1. The van der Waals surface area contributed by atoms with Crippen molar-refractivity contribution in [1.82, 2.24) is 9.97 Å². The Bertz CT molecular complexity index is 316. The van der Waals surface area contributed by atoms with Crippen LogP contribution in [-0.2, 0) is 0 Å². The lowest BCUT2D eigenvalue weighted by Gasteiger charge is -2.26. The van der Waals surface area contributed by atoms with E-state index in [0.29, 0.717) is 5.69 Å². The summed E-state index contributed by atoms with van der Waals surface area (Å²) in [6.07, 6.45) is 7.29. The molecule has 16 heavy (non-hydrogen) atoms. The molecule has 0 aliphatic heterocycles. The van der Waals surface area contributed by atoms with Gasteiger partial charge in [0.05, 0.1) is 6.33 Å². The van der Waals surface area contributed by atoms with Crippen molar-refractivity contribution in [2.45, 2.75) is 31.7 Å². The van der Waals surface area contributed by atoms with Gasteiger partial charge >= 0.3 is 0 Å². The molecule has 0 amide bonds. The van der Waals surface area contributed by atoms with Crippen LogP contribution in [0.1, 0.15) is 36.2 Å². The minimum atomic E-state index is -0.0213. The molecule has 92 valence electrons. The maximum atomic E-state index is 11.9. The molecule has 1 fully saturated rings. The van der Waals surface area contributed by atoms with Crippen molar-refractivity contribution in [3.05, 3.63) is 18.2 Å². The van der Waals surface area contributed by atoms with Crippen LogP contribution < -0.4 is 5.73 Å². The second kappa shape index (κ2) is 6.89. The van der Waals surface area contributed by atoms with Gasteiger partial charge in [-0.25, -0.2) is 4.98 Å². The Kier molecular flexibility index (Phi) is 6.64. The van der Waals surface area contributed by atoms with Gasteiger partial charge in [0.1, 0.15) is 5.69 Å². The number of hydrogen-bond donors (Lipinski definition) is 2. The maximum absolute atomic E-state index is 11.9. The van der Waals surface area contributed by atoms with Crippen molar-refractivity contribution in [3.63, 3.8) is 0 Å². The molecule has 2 atom stereocenters. The molecule has 0 spiro atoms. The Morgan fingerprint density at radius 2 is 2.06 bits per heavy atom. The maximum Gasteiger partial charge on any atom is 0.187 e. The van der Waals surface area contributed by atoms with Gasteiger partial charge in [-0.2, -0.15) is 0 Å². The van der Waals surface area contributed by atoms with Gasteiger partial charge in [0.25, 0.3) is 0 Å². The van der Waals surface area contributed by atoms with Crippen LogP contribution in [-0.4, -0.2) is 21.8 Å². The largest absolute Gasteiger partial charge is 0.350 e. The number of nitrogens with one attached hydrogen (secondary N) is 1. The summed E-state index contributed by atoms with van der Waals surface area (Å²) < 4.78 is 0. The van der Waals surface area contributed by atoms with Crippen LogP contribution >= 0.6 is 24.8 Å². The van der Waals surface area contributed by atoms with Crippen LogP contribution in [0.25, 0.3) is 0 Å². The first-order valence-electron chi connectivity index (χ1n) is 5.07. The van der Waals surface area contributed by atoms with E-state index in [0.717, 1.165) is 25.7 Å². The molecular weight excluding hydrogens is 249 g/mol. The first kappa shape index (κ1) is 15.4. The highest BCUT2D eigenvalue weighted by Crippen LogP contribution is 2.25. The van der Waals surface area contributed by atoms with E-state index in [4.69, 9.17) is 5.73 Å². The van der Waals surface area contributed by atoms with E-state index >= 15 is 0 Å². The molecule has 3 N–H and O–H groups in total. The molecule has 1 aromatic rings. The molecular formula is C10H17Cl2N3O. The fourth-order valence-electron chi connectivity index (χ4n) is 2.07. The number of nitrogens with two attached hydrogens (primary N) is 1. The van der Waals surface area contributed by atoms with Crippen molar-refractivity contribution in [3.8, 4) is 0 Å². The molecule has 1 aromatic heterocycles. The quantitative estimate of drug-likeness (QED) is 0.804. The topological polar surface area (TPSA) is 71.8 Å². The highest BCUT2D eigenvalue weighted by Gasteiger charge is 2.29. The summed E-state index contributed by atoms with van der Waals surface area (Å²) in [5, 5.41) is 0. The Morgan fingerprint density at radius 3 is 2.62 bits per heavy atom. The number of carbonyl (C=O) groups is 1. The summed E-state index contributed by atoms with van der Waals surface area (Å²) in [5.74, 6) is 0.0745. The Hall–Kier alpha value is -0.580. The van der Waals surface area contributed by atoms with Gasteiger partial charge in [0.15, 0.2) is 5.78 Å². The second-order valence-corrected chi connectivity index (χ2v) is 3.87. The third-order valence-electron chi connectivity index (χ3n) is 2.91. The van der Waals surface area contributed by atoms with Gasteiger partial charge in [-0.1, -0.05) is 12.8 Å². The molecule has 0 saturated heterocycles. The molecule has 1 aliphatic rings. The SMILES string of the molecule is Cl.Cl.NC1CCCCC1C(=O)c1c[nH]cn1. The summed E-state index contributed by atoms with van der Waals surface area (Å²) in [6.45, 7) is 0. The van der Waals surface area contributed by atoms with Crippen LogP contribution in [0.4, 0.5) is 0 Å². The van der Waals surface area contributed by atoms with Gasteiger partial charge in [-0.3, -0.25) is 4.79 Å². The van der Waals surface area contributed by atoms with Crippen LogP contribution in [0.3, 0.4) is 0 Å². The average molecular weight is 266 g/mol. The third-order valence-corrected chi connectivity index (χ3v) is 2.91. The number of imidazole rings is 1. The summed E-state index contributed by atoms with van der Waals surface area (Å²) in [5.41, 5.74) is 6.45. The van der Waals surface area contributed by atoms with E-state index in [1.807, 2.05) is 0 Å². The first-order valence-corrected chi connectivity index (χ1v) is 5.07. The lowest BCUT2D eigenvalue weighted by Crippen LogP contribution is -2.38. The molecule has 2 rings (SSSR count).